The third kappa shape index (κ3) is 3.70. The number of anilines is 1. The van der Waals surface area contributed by atoms with Gasteiger partial charge in [-0.25, -0.2) is 0 Å². The monoisotopic (exact) mass is 278 g/mol. The lowest BCUT2D eigenvalue weighted by molar-refractivity contribution is -0.384. The fraction of sp³-hybridized carbons (Fsp3) is 0.600. The molecule has 1 aliphatic rings. The molecular weight excluding hydrogens is 256 g/mol. The Morgan fingerprint density at radius 2 is 1.95 bits per heavy atom. The zero-order chi connectivity index (χ0) is 14.6. The predicted molar refractivity (Wildman–Crippen MR) is 78.8 cm³/mol. The van der Waals surface area contributed by atoms with Crippen molar-refractivity contribution in [1.82, 2.24) is 0 Å². The molecule has 1 saturated carbocycles. The first-order valence-electron chi connectivity index (χ1n) is 7.23. The highest BCUT2D eigenvalue weighted by Crippen LogP contribution is 2.33. The molecule has 1 aromatic carbocycles. The maximum atomic E-state index is 10.6. The van der Waals surface area contributed by atoms with Crippen LogP contribution >= 0.6 is 0 Å². The van der Waals surface area contributed by atoms with E-state index in [0.29, 0.717) is 6.54 Å². The van der Waals surface area contributed by atoms with Crippen LogP contribution in [0.3, 0.4) is 0 Å². The van der Waals surface area contributed by atoms with Gasteiger partial charge in [0.15, 0.2) is 0 Å². The summed E-state index contributed by atoms with van der Waals surface area (Å²) in [7, 11) is 0. The molecule has 20 heavy (non-hydrogen) atoms. The van der Waals surface area contributed by atoms with Crippen molar-refractivity contribution in [3.05, 3.63) is 34.4 Å². The maximum Gasteiger partial charge on any atom is 0.269 e. The summed E-state index contributed by atoms with van der Waals surface area (Å²) in [6, 6.07) is 6.30. The van der Waals surface area contributed by atoms with Crippen LogP contribution in [-0.2, 0) is 0 Å². The first kappa shape index (κ1) is 14.8. The number of non-ortho nitro benzene ring substituents is 1. The van der Waals surface area contributed by atoms with Crippen LogP contribution in [0.5, 0.6) is 0 Å². The van der Waals surface area contributed by atoms with Gasteiger partial charge in [-0.05, 0) is 43.7 Å². The number of nitro benzene ring substituents is 1. The average Bonchev–Trinajstić information content (AvgIpc) is 2.46. The Kier molecular flexibility index (Phi) is 4.60. The number of rotatable bonds is 5. The van der Waals surface area contributed by atoms with Crippen molar-refractivity contribution < 1.29 is 10.0 Å². The topological polar surface area (TPSA) is 75.4 Å². The van der Waals surface area contributed by atoms with Crippen molar-refractivity contribution in [2.75, 3.05) is 11.9 Å². The Balaban J connectivity index is 1.87. The van der Waals surface area contributed by atoms with E-state index in [9.17, 15) is 15.2 Å². The molecule has 2 rings (SSSR count). The molecule has 0 spiro atoms. The van der Waals surface area contributed by atoms with Gasteiger partial charge in [-0.1, -0.05) is 13.3 Å². The molecule has 0 aromatic heterocycles. The highest BCUT2D eigenvalue weighted by atomic mass is 16.6. The number of nitrogens with one attached hydrogen (secondary N) is 1. The molecule has 1 fully saturated rings. The minimum absolute atomic E-state index is 0.0812. The molecule has 110 valence electrons. The third-order valence-corrected chi connectivity index (χ3v) is 4.31. The molecule has 0 atom stereocenters. The van der Waals surface area contributed by atoms with Crippen LogP contribution in [0, 0.1) is 16.0 Å². The van der Waals surface area contributed by atoms with Crippen LogP contribution in [0.25, 0.3) is 0 Å². The van der Waals surface area contributed by atoms with Gasteiger partial charge in [0.25, 0.3) is 5.69 Å². The van der Waals surface area contributed by atoms with Crippen molar-refractivity contribution in [1.29, 1.82) is 0 Å². The molecule has 2 N–H and O–H groups in total. The smallest absolute Gasteiger partial charge is 0.269 e. The van der Waals surface area contributed by atoms with Gasteiger partial charge in [-0.15, -0.1) is 0 Å². The summed E-state index contributed by atoms with van der Waals surface area (Å²) in [4.78, 5) is 10.2. The number of nitrogens with zero attached hydrogens (tertiary/aromatic N) is 1. The molecule has 0 unspecified atom stereocenters. The normalized spacial score (nSPS) is 26.2. The highest BCUT2D eigenvalue weighted by Gasteiger charge is 2.32. The van der Waals surface area contributed by atoms with Gasteiger partial charge in [0, 0.05) is 24.4 Å². The third-order valence-electron chi connectivity index (χ3n) is 4.31. The summed E-state index contributed by atoms with van der Waals surface area (Å²) in [6.07, 6.45) is 4.99. The quantitative estimate of drug-likeness (QED) is 0.640. The second kappa shape index (κ2) is 6.22. The van der Waals surface area contributed by atoms with Crippen LogP contribution < -0.4 is 5.32 Å². The van der Waals surface area contributed by atoms with Crippen LogP contribution in [-0.4, -0.2) is 22.2 Å². The molecule has 0 radical (unpaired) electrons. The number of hydrogen-bond acceptors (Lipinski definition) is 4. The summed E-state index contributed by atoms with van der Waals surface area (Å²) in [6.45, 7) is 2.70. The first-order valence-corrected chi connectivity index (χ1v) is 7.23. The van der Waals surface area contributed by atoms with E-state index in [1.165, 1.54) is 18.6 Å². The van der Waals surface area contributed by atoms with E-state index in [2.05, 4.69) is 12.2 Å². The minimum atomic E-state index is -0.645. The summed E-state index contributed by atoms with van der Waals surface area (Å²) >= 11 is 0. The lowest BCUT2D eigenvalue weighted by Gasteiger charge is -2.36. The van der Waals surface area contributed by atoms with Crippen LogP contribution in [0.4, 0.5) is 11.4 Å². The molecular formula is C15H22N2O3. The number of benzene rings is 1. The van der Waals surface area contributed by atoms with Gasteiger partial charge in [0.1, 0.15) is 0 Å². The van der Waals surface area contributed by atoms with E-state index in [-0.39, 0.29) is 5.69 Å². The number of aliphatic hydroxyl groups is 1. The van der Waals surface area contributed by atoms with E-state index < -0.39 is 10.5 Å². The van der Waals surface area contributed by atoms with Gasteiger partial charge in [0.05, 0.1) is 10.5 Å². The zero-order valence-electron chi connectivity index (χ0n) is 11.8. The van der Waals surface area contributed by atoms with E-state index in [1.54, 1.807) is 12.1 Å². The molecule has 5 nitrogen and oxygen atoms in total. The number of hydrogen-bond donors (Lipinski definition) is 2. The summed E-state index contributed by atoms with van der Waals surface area (Å²) in [5, 5.41) is 24.3. The Morgan fingerprint density at radius 1 is 1.35 bits per heavy atom. The van der Waals surface area contributed by atoms with Gasteiger partial charge < -0.3 is 10.4 Å². The molecule has 1 aromatic rings. The Bertz CT molecular complexity index is 451. The van der Waals surface area contributed by atoms with Gasteiger partial charge >= 0.3 is 0 Å². The summed E-state index contributed by atoms with van der Waals surface area (Å²) in [5.74, 6) is 0.745. The fourth-order valence-corrected chi connectivity index (χ4v) is 2.77. The minimum Gasteiger partial charge on any atom is -0.388 e. The van der Waals surface area contributed by atoms with E-state index in [4.69, 9.17) is 0 Å². The molecule has 0 saturated heterocycles. The second-order valence-corrected chi connectivity index (χ2v) is 5.73. The second-order valence-electron chi connectivity index (χ2n) is 5.73. The summed E-state index contributed by atoms with van der Waals surface area (Å²) < 4.78 is 0. The molecule has 0 bridgehead atoms. The van der Waals surface area contributed by atoms with Gasteiger partial charge in [-0.2, -0.15) is 0 Å². The van der Waals surface area contributed by atoms with E-state index in [0.717, 1.165) is 37.3 Å². The van der Waals surface area contributed by atoms with Gasteiger partial charge in [0.2, 0.25) is 0 Å². The fourth-order valence-electron chi connectivity index (χ4n) is 2.77. The average molecular weight is 278 g/mol. The van der Waals surface area contributed by atoms with E-state index in [1.807, 2.05) is 0 Å². The molecule has 0 amide bonds. The van der Waals surface area contributed by atoms with Crippen molar-refractivity contribution in [3.8, 4) is 0 Å². The van der Waals surface area contributed by atoms with Crippen LogP contribution in [0.15, 0.2) is 24.3 Å². The first-order chi connectivity index (χ1) is 9.52. The lowest BCUT2D eigenvalue weighted by Crippen LogP contribution is -2.40. The zero-order valence-corrected chi connectivity index (χ0v) is 11.8. The summed E-state index contributed by atoms with van der Waals surface area (Å²) in [5.41, 5.74) is 0.243. The van der Waals surface area contributed by atoms with Crippen molar-refractivity contribution in [2.24, 2.45) is 5.92 Å². The van der Waals surface area contributed by atoms with Crippen molar-refractivity contribution in [2.45, 2.75) is 44.6 Å². The van der Waals surface area contributed by atoms with Gasteiger partial charge in [-0.3, -0.25) is 10.1 Å². The lowest BCUT2D eigenvalue weighted by atomic mass is 9.78. The Morgan fingerprint density at radius 3 is 2.45 bits per heavy atom. The van der Waals surface area contributed by atoms with Crippen LogP contribution in [0.1, 0.15) is 39.0 Å². The van der Waals surface area contributed by atoms with Crippen molar-refractivity contribution >= 4 is 11.4 Å². The SMILES string of the molecule is CCC1CCC(O)(CNc2ccc([N+](=O)[O-])cc2)CC1. The van der Waals surface area contributed by atoms with Crippen LogP contribution in [0.2, 0.25) is 0 Å². The maximum absolute atomic E-state index is 10.6. The molecule has 5 heteroatoms. The highest BCUT2D eigenvalue weighted by molar-refractivity contribution is 5.48. The van der Waals surface area contributed by atoms with Crippen molar-refractivity contribution in [3.63, 3.8) is 0 Å². The molecule has 1 aliphatic carbocycles. The van der Waals surface area contributed by atoms with E-state index >= 15 is 0 Å². The Hall–Kier alpha value is -1.62. The standard InChI is InChI=1S/C15H22N2O3/c1-2-12-7-9-15(18,10-8-12)11-16-13-3-5-14(6-4-13)17(19)20/h3-6,12,16,18H,2,7-11H2,1H3. The predicted octanol–water partition coefficient (Wildman–Crippen LogP) is 3.34. The molecule has 0 aliphatic heterocycles. The largest absolute Gasteiger partial charge is 0.388 e. The number of nitro groups is 1. The molecule has 0 heterocycles. The Labute approximate surface area is 119 Å².